The number of esters is 1. The van der Waals surface area contributed by atoms with Gasteiger partial charge in [0.25, 0.3) is 0 Å². The highest BCUT2D eigenvalue weighted by atomic mass is 16.6. The van der Waals surface area contributed by atoms with Crippen LogP contribution in [0.2, 0.25) is 0 Å². The number of aryl methyl sites for hydroxylation is 1. The molecule has 1 unspecified atom stereocenters. The van der Waals surface area contributed by atoms with Gasteiger partial charge in [0.1, 0.15) is 23.4 Å². The molecule has 130 valence electrons. The molecule has 0 radical (unpaired) electrons. The Morgan fingerprint density at radius 1 is 1.42 bits per heavy atom. The highest BCUT2D eigenvalue weighted by Gasteiger charge is 2.44. The van der Waals surface area contributed by atoms with Gasteiger partial charge in [-0.15, -0.1) is 0 Å². The highest BCUT2D eigenvalue weighted by molar-refractivity contribution is 5.91. The lowest BCUT2D eigenvalue weighted by atomic mass is 9.90. The van der Waals surface area contributed by atoms with E-state index in [1.54, 1.807) is 6.33 Å². The topological polar surface area (TPSA) is 71.1 Å². The third-order valence-electron chi connectivity index (χ3n) is 4.58. The van der Waals surface area contributed by atoms with Crippen molar-refractivity contribution in [2.24, 2.45) is 5.41 Å². The smallest absolute Gasteiger partial charge is 0.314 e. The molecule has 1 atom stereocenters. The van der Waals surface area contributed by atoms with Crippen LogP contribution in [0.4, 0.5) is 5.82 Å². The molecule has 1 N–H and O–H groups in total. The minimum absolute atomic E-state index is 0.132. The monoisotopic (exact) mass is 330 g/mol. The molecule has 6 heteroatoms. The zero-order valence-corrected chi connectivity index (χ0v) is 15.1. The van der Waals surface area contributed by atoms with E-state index in [0.717, 1.165) is 36.2 Å². The van der Waals surface area contributed by atoms with Gasteiger partial charge >= 0.3 is 5.97 Å². The summed E-state index contributed by atoms with van der Waals surface area (Å²) in [5, 5.41) is 1.06. The van der Waals surface area contributed by atoms with Crippen LogP contribution in [0, 0.1) is 5.41 Å². The van der Waals surface area contributed by atoms with Crippen LogP contribution in [0.1, 0.15) is 46.6 Å². The summed E-state index contributed by atoms with van der Waals surface area (Å²) in [4.78, 5) is 26.8. The van der Waals surface area contributed by atoms with Crippen molar-refractivity contribution in [1.29, 1.82) is 0 Å². The van der Waals surface area contributed by atoms with Gasteiger partial charge in [-0.3, -0.25) is 4.79 Å². The molecule has 3 heterocycles. The Hall–Kier alpha value is -2.11. The van der Waals surface area contributed by atoms with Crippen molar-refractivity contribution in [3.05, 3.63) is 18.1 Å². The van der Waals surface area contributed by atoms with E-state index in [9.17, 15) is 4.79 Å². The molecule has 1 saturated heterocycles. The molecule has 0 aromatic carbocycles. The van der Waals surface area contributed by atoms with Crippen LogP contribution in [0.3, 0.4) is 0 Å². The summed E-state index contributed by atoms with van der Waals surface area (Å²) in [5.41, 5.74) is 1.08. The van der Waals surface area contributed by atoms with Gasteiger partial charge in [0, 0.05) is 19.3 Å². The number of carbonyl (C=O) groups is 1. The number of anilines is 1. The summed E-state index contributed by atoms with van der Waals surface area (Å²) < 4.78 is 5.62. The van der Waals surface area contributed by atoms with E-state index in [-0.39, 0.29) is 5.97 Å². The van der Waals surface area contributed by atoms with Gasteiger partial charge in [-0.25, -0.2) is 9.97 Å². The normalized spacial score (nSPS) is 21.5. The van der Waals surface area contributed by atoms with E-state index in [1.165, 1.54) is 5.56 Å². The van der Waals surface area contributed by atoms with Crippen molar-refractivity contribution in [2.75, 3.05) is 18.0 Å². The molecule has 24 heavy (non-hydrogen) atoms. The molecule has 6 nitrogen and oxygen atoms in total. The molecule has 0 spiro atoms. The standard InChI is InChI=1S/C18H26N4O2/c1-6-12-9-19-14-13(12)15(21-11-20-14)22-8-7-18(5,10-22)16(23)24-17(2,3)4/h9,11H,6-8,10H2,1-5H3,(H,19,20,21). The van der Waals surface area contributed by atoms with Crippen LogP contribution in [0.5, 0.6) is 0 Å². The average Bonchev–Trinajstić information content (AvgIpc) is 3.09. The molecule has 0 bridgehead atoms. The number of fused-ring (bicyclic) bond motifs is 1. The van der Waals surface area contributed by atoms with E-state index < -0.39 is 11.0 Å². The van der Waals surface area contributed by atoms with Crippen molar-refractivity contribution >= 4 is 22.8 Å². The molecular formula is C18H26N4O2. The van der Waals surface area contributed by atoms with Crippen LogP contribution in [-0.4, -0.2) is 39.6 Å². The lowest BCUT2D eigenvalue weighted by Gasteiger charge is -2.28. The molecular weight excluding hydrogens is 304 g/mol. The largest absolute Gasteiger partial charge is 0.459 e. The number of rotatable bonds is 3. The Morgan fingerprint density at radius 2 is 2.17 bits per heavy atom. The third kappa shape index (κ3) is 2.97. The van der Waals surface area contributed by atoms with E-state index in [2.05, 4.69) is 26.8 Å². The maximum Gasteiger partial charge on any atom is 0.314 e. The lowest BCUT2D eigenvalue weighted by Crippen LogP contribution is -2.38. The summed E-state index contributed by atoms with van der Waals surface area (Å²) in [6.07, 6.45) is 5.25. The minimum Gasteiger partial charge on any atom is -0.459 e. The van der Waals surface area contributed by atoms with Crippen molar-refractivity contribution in [3.63, 3.8) is 0 Å². The van der Waals surface area contributed by atoms with E-state index in [4.69, 9.17) is 4.74 Å². The molecule has 2 aromatic heterocycles. The number of hydrogen-bond donors (Lipinski definition) is 1. The Morgan fingerprint density at radius 3 is 2.83 bits per heavy atom. The first-order chi connectivity index (χ1) is 11.2. The fourth-order valence-electron chi connectivity index (χ4n) is 3.24. The third-order valence-corrected chi connectivity index (χ3v) is 4.58. The number of aromatic amines is 1. The zero-order chi connectivity index (χ0) is 17.5. The number of aromatic nitrogens is 3. The predicted molar refractivity (Wildman–Crippen MR) is 94.0 cm³/mol. The Kier molecular flexibility index (Phi) is 4.01. The Bertz CT molecular complexity index is 762. The number of hydrogen-bond acceptors (Lipinski definition) is 5. The van der Waals surface area contributed by atoms with Crippen molar-refractivity contribution in [3.8, 4) is 0 Å². The number of carbonyl (C=O) groups excluding carboxylic acids is 1. The maximum atomic E-state index is 12.6. The van der Waals surface area contributed by atoms with Crippen LogP contribution in [0.15, 0.2) is 12.5 Å². The number of H-pyrrole nitrogens is 1. The van der Waals surface area contributed by atoms with Crippen molar-refractivity contribution in [2.45, 2.75) is 53.1 Å². The molecule has 2 aromatic rings. The maximum absolute atomic E-state index is 12.6. The zero-order valence-electron chi connectivity index (χ0n) is 15.1. The van der Waals surface area contributed by atoms with Crippen LogP contribution >= 0.6 is 0 Å². The first-order valence-corrected chi connectivity index (χ1v) is 8.53. The lowest BCUT2D eigenvalue weighted by molar-refractivity contribution is -0.165. The fraction of sp³-hybridized carbons (Fsp3) is 0.611. The van der Waals surface area contributed by atoms with Crippen molar-refractivity contribution in [1.82, 2.24) is 15.0 Å². The Balaban J connectivity index is 1.88. The molecule has 0 amide bonds. The molecule has 1 aliphatic rings. The first kappa shape index (κ1) is 16.7. The summed E-state index contributed by atoms with van der Waals surface area (Å²) in [7, 11) is 0. The van der Waals surface area contributed by atoms with Gasteiger partial charge in [0.15, 0.2) is 0 Å². The van der Waals surface area contributed by atoms with Gasteiger partial charge in [-0.2, -0.15) is 0 Å². The van der Waals surface area contributed by atoms with E-state index in [0.29, 0.717) is 6.54 Å². The summed E-state index contributed by atoms with van der Waals surface area (Å²) in [6.45, 7) is 11.2. The second-order valence-electron chi connectivity index (χ2n) is 7.82. The summed E-state index contributed by atoms with van der Waals surface area (Å²) in [6, 6.07) is 0. The summed E-state index contributed by atoms with van der Waals surface area (Å²) in [5.74, 6) is 0.776. The second-order valence-corrected chi connectivity index (χ2v) is 7.82. The van der Waals surface area contributed by atoms with Gasteiger partial charge in [-0.1, -0.05) is 6.92 Å². The van der Waals surface area contributed by atoms with Gasteiger partial charge in [-0.05, 0) is 46.1 Å². The number of ether oxygens (including phenoxy) is 1. The molecule has 0 saturated carbocycles. The highest BCUT2D eigenvalue weighted by Crippen LogP contribution is 2.37. The Labute approximate surface area is 142 Å². The van der Waals surface area contributed by atoms with Gasteiger partial charge in [0.05, 0.1) is 10.8 Å². The molecule has 0 aliphatic carbocycles. The minimum atomic E-state index is -0.507. The van der Waals surface area contributed by atoms with Gasteiger partial charge in [0.2, 0.25) is 0 Å². The van der Waals surface area contributed by atoms with Crippen LogP contribution in [-0.2, 0) is 16.0 Å². The quantitative estimate of drug-likeness (QED) is 0.876. The second kappa shape index (κ2) is 5.76. The average molecular weight is 330 g/mol. The number of nitrogens with one attached hydrogen (secondary N) is 1. The number of nitrogens with zero attached hydrogens (tertiary/aromatic N) is 3. The van der Waals surface area contributed by atoms with Gasteiger partial charge < -0.3 is 14.6 Å². The summed E-state index contributed by atoms with van der Waals surface area (Å²) >= 11 is 0. The molecule has 3 rings (SSSR count). The molecule has 1 fully saturated rings. The fourth-order valence-corrected chi connectivity index (χ4v) is 3.24. The van der Waals surface area contributed by atoms with E-state index >= 15 is 0 Å². The molecule has 1 aliphatic heterocycles. The van der Waals surface area contributed by atoms with Crippen LogP contribution < -0.4 is 4.90 Å². The SMILES string of the molecule is CCc1c[nH]c2ncnc(N3CCC(C)(C(=O)OC(C)(C)C)C3)c12. The van der Waals surface area contributed by atoms with Crippen LogP contribution in [0.25, 0.3) is 11.0 Å². The van der Waals surface area contributed by atoms with E-state index in [1.807, 2.05) is 33.9 Å². The van der Waals surface area contributed by atoms with Crippen molar-refractivity contribution < 1.29 is 9.53 Å². The first-order valence-electron chi connectivity index (χ1n) is 8.53. The predicted octanol–water partition coefficient (Wildman–Crippen LogP) is 3.08.